The van der Waals surface area contributed by atoms with Crippen molar-refractivity contribution >= 4 is 23.2 Å². The Hall–Kier alpha value is -2.04. The zero-order valence-electron chi connectivity index (χ0n) is 14.0. The van der Waals surface area contributed by atoms with Crippen LogP contribution in [0.5, 0.6) is 0 Å². The fourth-order valence-electron chi connectivity index (χ4n) is 3.08. The van der Waals surface area contributed by atoms with Gasteiger partial charge in [0.15, 0.2) is 0 Å². The molecule has 1 aromatic rings. The maximum atomic E-state index is 12.1. The number of amides is 2. The van der Waals surface area contributed by atoms with E-state index in [9.17, 15) is 9.59 Å². The molecule has 3 N–H and O–H groups in total. The molecule has 0 aromatic heterocycles. The molecule has 1 fully saturated rings. The Labute approximate surface area is 138 Å². The Morgan fingerprint density at radius 3 is 2.22 bits per heavy atom. The average molecular weight is 317 g/mol. The molecule has 1 saturated heterocycles. The SMILES string of the molecule is CCC(CC)C(=O)Nc1ccc(N2CCC(C(N)=O)CC2)cc1. The Morgan fingerprint density at radius 1 is 1.17 bits per heavy atom. The van der Waals surface area contributed by atoms with E-state index < -0.39 is 0 Å². The number of carbonyl (C=O) groups is 2. The van der Waals surface area contributed by atoms with Crippen molar-refractivity contribution in [3.05, 3.63) is 24.3 Å². The molecule has 1 heterocycles. The van der Waals surface area contributed by atoms with Gasteiger partial charge in [0, 0.05) is 36.3 Å². The summed E-state index contributed by atoms with van der Waals surface area (Å²) in [6, 6.07) is 7.92. The number of primary amides is 1. The molecule has 0 radical (unpaired) electrons. The molecule has 5 nitrogen and oxygen atoms in total. The van der Waals surface area contributed by atoms with Crippen molar-refractivity contribution in [2.45, 2.75) is 39.5 Å². The Kier molecular flexibility index (Phi) is 6.02. The first-order chi connectivity index (χ1) is 11.0. The molecule has 0 spiro atoms. The highest BCUT2D eigenvalue weighted by Gasteiger charge is 2.23. The molecule has 0 atom stereocenters. The lowest BCUT2D eigenvalue weighted by atomic mass is 9.96. The molecule has 0 unspecified atom stereocenters. The topological polar surface area (TPSA) is 75.4 Å². The normalized spacial score (nSPS) is 15.7. The average Bonchev–Trinajstić information content (AvgIpc) is 2.57. The fraction of sp³-hybridized carbons (Fsp3) is 0.556. The minimum Gasteiger partial charge on any atom is -0.371 e. The summed E-state index contributed by atoms with van der Waals surface area (Å²) in [6.07, 6.45) is 3.33. The first-order valence-electron chi connectivity index (χ1n) is 8.50. The maximum Gasteiger partial charge on any atom is 0.227 e. The molecule has 2 amide bonds. The van der Waals surface area contributed by atoms with Crippen molar-refractivity contribution in [2.75, 3.05) is 23.3 Å². The summed E-state index contributed by atoms with van der Waals surface area (Å²) in [5.41, 5.74) is 7.32. The van der Waals surface area contributed by atoms with E-state index in [0.717, 1.165) is 50.1 Å². The second-order valence-electron chi connectivity index (χ2n) is 6.21. The standard InChI is InChI=1S/C18H27N3O2/c1-3-13(4-2)18(23)20-15-5-7-16(8-6-15)21-11-9-14(10-12-21)17(19)22/h5-8,13-14H,3-4,9-12H2,1-2H3,(H2,19,22)(H,20,23). The van der Waals surface area contributed by atoms with Gasteiger partial charge in [-0.05, 0) is 49.9 Å². The molecule has 1 aliphatic heterocycles. The summed E-state index contributed by atoms with van der Waals surface area (Å²) in [6.45, 7) is 5.75. The zero-order valence-corrected chi connectivity index (χ0v) is 14.0. The van der Waals surface area contributed by atoms with E-state index in [2.05, 4.69) is 10.2 Å². The van der Waals surface area contributed by atoms with Crippen LogP contribution < -0.4 is 16.0 Å². The lowest BCUT2D eigenvalue weighted by Crippen LogP contribution is -2.38. The number of hydrogen-bond donors (Lipinski definition) is 2. The molecule has 0 saturated carbocycles. The van der Waals surface area contributed by atoms with E-state index in [0.29, 0.717) is 0 Å². The van der Waals surface area contributed by atoms with Gasteiger partial charge in [0.1, 0.15) is 0 Å². The van der Waals surface area contributed by atoms with Gasteiger partial charge in [-0.3, -0.25) is 9.59 Å². The second kappa shape index (κ2) is 7.99. The quantitative estimate of drug-likeness (QED) is 0.847. The van der Waals surface area contributed by atoms with E-state index in [-0.39, 0.29) is 23.7 Å². The van der Waals surface area contributed by atoms with Gasteiger partial charge in [0.25, 0.3) is 0 Å². The monoisotopic (exact) mass is 317 g/mol. The summed E-state index contributed by atoms with van der Waals surface area (Å²) in [4.78, 5) is 25.6. The molecule has 5 heteroatoms. The predicted octanol–water partition coefficient (Wildman–Crippen LogP) is 2.76. The van der Waals surface area contributed by atoms with E-state index >= 15 is 0 Å². The molecule has 23 heavy (non-hydrogen) atoms. The van der Waals surface area contributed by atoms with Crippen LogP contribution in [0.2, 0.25) is 0 Å². The van der Waals surface area contributed by atoms with Crippen LogP contribution in [0.4, 0.5) is 11.4 Å². The number of rotatable bonds is 6. The van der Waals surface area contributed by atoms with Gasteiger partial charge in [-0.25, -0.2) is 0 Å². The number of nitrogens with two attached hydrogens (primary N) is 1. The van der Waals surface area contributed by atoms with Crippen LogP contribution in [0.1, 0.15) is 39.5 Å². The third-order valence-electron chi connectivity index (χ3n) is 4.75. The molecular weight excluding hydrogens is 290 g/mol. The summed E-state index contributed by atoms with van der Waals surface area (Å²) >= 11 is 0. The van der Waals surface area contributed by atoms with Crippen LogP contribution in [0.25, 0.3) is 0 Å². The number of nitrogens with one attached hydrogen (secondary N) is 1. The Balaban J connectivity index is 1.92. The number of hydrogen-bond acceptors (Lipinski definition) is 3. The van der Waals surface area contributed by atoms with Gasteiger partial charge in [-0.15, -0.1) is 0 Å². The Bertz CT molecular complexity index is 530. The van der Waals surface area contributed by atoms with E-state index in [1.807, 2.05) is 38.1 Å². The van der Waals surface area contributed by atoms with E-state index in [4.69, 9.17) is 5.73 Å². The minimum atomic E-state index is -0.191. The van der Waals surface area contributed by atoms with Gasteiger partial charge in [-0.1, -0.05) is 13.8 Å². The summed E-state index contributed by atoms with van der Waals surface area (Å²) in [7, 11) is 0. The van der Waals surface area contributed by atoms with Crippen molar-refractivity contribution in [3.8, 4) is 0 Å². The maximum absolute atomic E-state index is 12.1. The highest BCUT2D eigenvalue weighted by molar-refractivity contribution is 5.92. The van der Waals surface area contributed by atoms with Crippen molar-refractivity contribution < 1.29 is 9.59 Å². The number of nitrogens with zero attached hydrogens (tertiary/aromatic N) is 1. The molecule has 0 aliphatic carbocycles. The first-order valence-corrected chi connectivity index (χ1v) is 8.50. The molecule has 1 aliphatic rings. The van der Waals surface area contributed by atoms with Crippen LogP contribution in [0.15, 0.2) is 24.3 Å². The van der Waals surface area contributed by atoms with Crippen molar-refractivity contribution in [1.82, 2.24) is 0 Å². The van der Waals surface area contributed by atoms with E-state index in [1.54, 1.807) is 0 Å². The summed E-state index contributed by atoms with van der Waals surface area (Å²) in [5.74, 6) is -0.0264. The van der Waals surface area contributed by atoms with Crippen LogP contribution in [0, 0.1) is 11.8 Å². The fourth-order valence-corrected chi connectivity index (χ4v) is 3.08. The van der Waals surface area contributed by atoms with Crippen LogP contribution in [0.3, 0.4) is 0 Å². The number of anilines is 2. The predicted molar refractivity (Wildman–Crippen MR) is 93.3 cm³/mol. The van der Waals surface area contributed by atoms with Gasteiger partial charge in [0.2, 0.25) is 11.8 Å². The van der Waals surface area contributed by atoms with Gasteiger partial charge in [-0.2, -0.15) is 0 Å². The van der Waals surface area contributed by atoms with Crippen LogP contribution >= 0.6 is 0 Å². The van der Waals surface area contributed by atoms with E-state index in [1.165, 1.54) is 0 Å². The lowest BCUT2D eigenvalue weighted by Gasteiger charge is -2.32. The second-order valence-corrected chi connectivity index (χ2v) is 6.21. The highest BCUT2D eigenvalue weighted by Crippen LogP contribution is 2.24. The summed E-state index contributed by atoms with van der Waals surface area (Å²) in [5, 5.41) is 2.98. The third kappa shape index (κ3) is 4.47. The zero-order chi connectivity index (χ0) is 16.8. The van der Waals surface area contributed by atoms with Gasteiger partial charge >= 0.3 is 0 Å². The van der Waals surface area contributed by atoms with Crippen molar-refractivity contribution in [1.29, 1.82) is 0 Å². The third-order valence-corrected chi connectivity index (χ3v) is 4.75. The number of piperidine rings is 1. The minimum absolute atomic E-state index is 0.00447. The van der Waals surface area contributed by atoms with Gasteiger partial charge in [0.05, 0.1) is 0 Å². The van der Waals surface area contributed by atoms with Gasteiger partial charge < -0.3 is 16.0 Å². The highest BCUT2D eigenvalue weighted by atomic mass is 16.2. The van der Waals surface area contributed by atoms with Crippen molar-refractivity contribution in [3.63, 3.8) is 0 Å². The molecule has 2 rings (SSSR count). The first kappa shape index (κ1) is 17.3. The van der Waals surface area contributed by atoms with Crippen LogP contribution in [-0.4, -0.2) is 24.9 Å². The largest absolute Gasteiger partial charge is 0.371 e. The smallest absolute Gasteiger partial charge is 0.227 e. The number of carbonyl (C=O) groups excluding carboxylic acids is 2. The Morgan fingerprint density at radius 2 is 1.74 bits per heavy atom. The molecule has 0 bridgehead atoms. The molecule has 126 valence electrons. The summed E-state index contributed by atoms with van der Waals surface area (Å²) < 4.78 is 0. The molecular formula is C18H27N3O2. The van der Waals surface area contributed by atoms with Crippen LogP contribution in [-0.2, 0) is 9.59 Å². The van der Waals surface area contributed by atoms with Crippen molar-refractivity contribution in [2.24, 2.45) is 17.6 Å². The lowest BCUT2D eigenvalue weighted by molar-refractivity contribution is -0.122. The number of benzene rings is 1. The molecule has 1 aromatic carbocycles.